The number of nitrogens with zero attached hydrogens (tertiary/aromatic N) is 1. The van der Waals surface area contributed by atoms with Gasteiger partial charge >= 0.3 is 0 Å². The monoisotopic (exact) mass is 480 g/mol. The molecule has 2 unspecified atom stereocenters. The van der Waals surface area contributed by atoms with E-state index in [0.717, 1.165) is 0 Å². The molecule has 0 aromatic heterocycles. The van der Waals surface area contributed by atoms with Gasteiger partial charge in [-0.3, -0.25) is 19.3 Å². The Morgan fingerprint density at radius 2 is 1.76 bits per heavy atom. The number of fused-ring (bicyclic) bond motifs is 3. The molecule has 1 fully saturated rings. The van der Waals surface area contributed by atoms with Crippen molar-refractivity contribution in [2.45, 2.75) is 30.6 Å². The second-order valence-corrected chi connectivity index (χ2v) is 8.96. The number of hydrogen-bond donors (Lipinski definition) is 6. The van der Waals surface area contributed by atoms with Crippen molar-refractivity contribution in [3.63, 3.8) is 0 Å². The van der Waals surface area contributed by atoms with E-state index in [9.17, 15) is 39.9 Å². The van der Waals surface area contributed by atoms with E-state index >= 15 is 0 Å². The van der Waals surface area contributed by atoms with Crippen LogP contribution in [0.25, 0.3) is 5.76 Å². The van der Waals surface area contributed by atoms with E-state index in [2.05, 4.69) is 0 Å². The lowest BCUT2D eigenvalue weighted by molar-refractivity contribution is -0.159. The van der Waals surface area contributed by atoms with Crippen molar-refractivity contribution in [2.75, 3.05) is 14.1 Å². The number of Topliss-reactive ketones (excluding diaryl/α,β-unsaturated/α-hetero) is 2. The predicted octanol–water partition coefficient (Wildman–Crippen LogP) is 0.0508. The van der Waals surface area contributed by atoms with Gasteiger partial charge in [-0.25, -0.2) is 0 Å². The second-order valence-electron chi connectivity index (χ2n) is 8.96. The SMILES string of the molecule is CN(C)[C@H]1C(=O)C(C(N)=O)=C(O)[C@@]2(O)C(=O)C3=C(O)c4c(O)cccc4[C@](C)(O)C3CC12.Cl. The summed E-state index contributed by atoms with van der Waals surface area (Å²) in [6.07, 6.45) is -0.200. The zero-order valence-electron chi connectivity index (χ0n) is 18.1. The molecule has 4 rings (SSSR count). The standard InChI is InChI=1S/C22H24N2O8.ClH/c1-21(31)8-5-4-6-11(25)12(8)16(26)13-9(21)7-10-15(24(2)3)17(27)14(20(23)30)19(29)22(10,32)18(13)28;/h4-6,9-10,15,25-26,29,31-32H,7H2,1-3H3,(H2,23,30);1H/t9?,10?,15-,21+,22+;/m1./s1. The average molecular weight is 481 g/mol. The summed E-state index contributed by atoms with van der Waals surface area (Å²) in [6, 6.07) is 3.02. The molecule has 7 N–H and O–H groups in total. The first-order valence-corrected chi connectivity index (χ1v) is 9.97. The Morgan fingerprint density at radius 1 is 1.15 bits per heavy atom. The number of halogens is 1. The number of phenols is 1. The summed E-state index contributed by atoms with van der Waals surface area (Å²) >= 11 is 0. The minimum Gasteiger partial charge on any atom is -0.508 e. The summed E-state index contributed by atoms with van der Waals surface area (Å²) in [4.78, 5) is 40.0. The predicted molar refractivity (Wildman–Crippen MR) is 117 cm³/mol. The molecule has 1 aromatic carbocycles. The van der Waals surface area contributed by atoms with Crippen LogP contribution in [0.5, 0.6) is 5.75 Å². The van der Waals surface area contributed by atoms with Crippen LogP contribution >= 0.6 is 12.4 Å². The molecule has 0 heterocycles. The van der Waals surface area contributed by atoms with Crippen molar-refractivity contribution in [2.24, 2.45) is 17.6 Å². The fraction of sp³-hybridized carbons (Fsp3) is 0.409. The normalized spacial score (nSPS) is 33.3. The van der Waals surface area contributed by atoms with Crippen LogP contribution < -0.4 is 5.73 Å². The van der Waals surface area contributed by atoms with Gasteiger partial charge < -0.3 is 31.3 Å². The van der Waals surface area contributed by atoms with Crippen molar-refractivity contribution in [1.29, 1.82) is 0 Å². The molecule has 10 nitrogen and oxygen atoms in total. The molecular formula is C22H25ClN2O8. The molecule has 0 bridgehead atoms. The Bertz CT molecular complexity index is 1160. The number of aliphatic hydroxyl groups excluding tert-OH is 2. The topological polar surface area (TPSA) is 182 Å². The highest BCUT2D eigenvalue weighted by atomic mass is 35.5. The molecule has 1 saturated carbocycles. The lowest BCUT2D eigenvalue weighted by atomic mass is 9.54. The Morgan fingerprint density at radius 3 is 2.30 bits per heavy atom. The lowest BCUT2D eigenvalue weighted by Gasteiger charge is -2.53. The van der Waals surface area contributed by atoms with Crippen LogP contribution in [0.1, 0.15) is 24.5 Å². The van der Waals surface area contributed by atoms with E-state index in [0.29, 0.717) is 0 Å². The van der Waals surface area contributed by atoms with E-state index in [4.69, 9.17) is 5.73 Å². The van der Waals surface area contributed by atoms with Gasteiger partial charge in [0.15, 0.2) is 11.4 Å². The second kappa shape index (κ2) is 7.56. The number of phenolic OH excluding ortho intramolecular Hbond substituents is 1. The van der Waals surface area contributed by atoms with E-state index in [1.807, 2.05) is 0 Å². The molecule has 0 spiro atoms. The first-order valence-electron chi connectivity index (χ1n) is 9.97. The fourth-order valence-corrected chi connectivity index (χ4v) is 5.50. The molecule has 3 aliphatic rings. The molecule has 33 heavy (non-hydrogen) atoms. The molecule has 178 valence electrons. The van der Waals surface area contributed by atoms with Gasteiger partial charge in [0.2, 0.25) is 5.78 Å². The van der Waals surface area contributed by atoms with Crippen LogP contribution in [0, 0.1) is 11.8 Å². The summed E-state index contributed by atoms with van der Waals surface area (Å²) in [6.45, 7) is 1.40. The highest BCUT2D eigenvalue weighted by Gasteiger charge is 2.66. The van der Waals surface area contributed by atoms with E-state index in [1.165, 1.54) is 44.1 Å². The number of nitrogens with two attached hydrogens (primary N) is 1. The number of carbonyl (C=O) groups excluding carboxylic acids is 3. The summed E-state index contributed by atoms with van der Waals surface area (Å²) in [7, 11) is 3.01. The summed E-state index contributed by atoms with van der Waals surface area (Å²) in [5.41, 5.74) is -0.548. The number of aliphatic hydroxyl groups is 4. The Balaban J connectivity index is 0.00000306. The number of aromatic hydroxyl groups is 1. The Kier molecular flexibility index (Phi) is 5.66. The van der Waals surface area contributed by atoms with Crippen LogP contribution in [-0.4, -0.2) is 73.6 Å². The molecular weight excluding hydrogens is 456 g/mol. The zero-order valence-corrected chi connectivity index (χ0v) is 18.9. The van der Waals surface area contributed by atoms with E-state index < -0.39 is 75.0 Å². The number of primary amides is 1. The number of hydrogen-bond acceptors (Lipinski definition) is 9. The molecule has 0 saturated heterocycles. The molecule has 0 radical (unpaired) electrons. The van der Waals surface area contributed by atoms with Crippen LogP contribution in [0.3, 0.4) is 0 Å². The first kappa shape index (κ1) is 24.7. The highest BCUT2D eigenvalue weighted by Crippen LogP contribution is 2.57. The van der Waals surface area contributed by atoms with Gasteiger partial charge in [0.1, 0.15) is 22.8 Å². The van der Waals surface area contributed by atoms with E-state index in [-0.39, 0.29) is 30.0 Å². The summed E-state index contributed by atoms with van der Waals surface area (Å²) < 4.78 is 0. The van der Waals surface area contributed by atoms with Gasteiger partial charge in [0, 0.05) is 17.4 Å². The largest absolute Gasteiger partial charge is 0.508 e. The van der Waals surface area contributed by atoms with Crippen molar-refractivity contribution in [3.05, 3.63) is 46.2 Å². The van der Waals surface area contributed by atoms with Crippen LogP contribution in [0.15, 0.2) is 35.1 Å². The molecule has 1 aromatic rings. The van der Waals surface area contributed by atoms with Crippen molar-refractivity contribution in [3.8, 4) is 5.75 Å². The third-order valence-electron chi connectivity index (χ3n) is 7.02. The van der Waals surface area contributed by atoms with Gasteiger partial charge in [-0.05, 0) is 39.1 Å². The molecule has 3 aliphatic carbocycles. The van der Waals surface area contributed by atoms with Gasteiger partial charge in [-0.15, -0.1) is 12.4 Å². The quantitative estimate of drug-likeness (QED) is 0.318. The molecule has 5 atom stereocenters. The maximum atomic E-state index is 13.7. The van der Waals surface area contributed by atoms with Gasteiger partial charge in [-0.1, -0.05) is 12.1 Å². The number of amides is 1. The van der Waals surface area contributed by atoms with Crippen LogP contribution in [0.2, 0.25) is 0 Å². The van der Waals surface area contributed by atoms with Crippen molar-refractivity contribution >= 4 is 35.6 Å². The first-order chi connectivity index (χ1) is 14.8. The minimum absolute atomic E-state index is 0. The van der Waals surface area contributed by atoms with Gasteiger partial charge in [0.25, 0.3) is 5.91 Å². The fourth-order valence-electron chi connectivity index (χ4n) is 5.50. The van der Waals surface area contributed by atoms with Crippen LogP contribution in [0.4, 0.5) is 0 Å². The number of likely N-dealkylation sites (N-methyl/N-ethyl adjacent to an activating group) is 1. The zero-order chi connectivity index (χ0) is 23.9. The summed E-state index contributed by atoms with van der Waals surface area (Å²) in [5.74, 6) is -7.90. The molecule has 11 heteroatoms. The minimum atomic E-state index is -2.75. The highest BCUT2D eigenvalue weighted by molar-refractivity contribution is 6.24. The maximum Gasteiger partial charge on any atom is 0.255 e. The number of ketones is 2. The Labute approximate surface area is 195 Å². The summed E-state index contributed by atoms with van der Waals surface area (Å²) in [5, 5.41) is 54.9. The Hall–Kier alpha value is -2.92. The number of carbonyl (C=O) groups is 3. The van der Waals surface area contributed by atoms with Crippen molar-refractivity contribution in [1.82, 2.24) is 4.90 Å². The maximum absolute atomic E-state index is 13.7. The van der Waals surface area contributed by atoms with Gasteiger partial charge in [-0.2, -0.15) is 0 Å². The number of benzene rings is 1. The molecule has 1 amide bonds. The average Bonchev–Trinajstić information content (AvgIpc) is 2.68. The van der Waals surface area contributed by atoms with Crippen LogP contribution in [-0.2, 0) is 20.0 Å². The van der Waals surface area contributed by atoms with Crippen molar-refractivity contribution < 1.29 is 39.9 Å². The third kappa shape index (κ3) is 2.95. The smallest absolute Gasteiger partial charge is 0.255 e. The molecule has 0 aliphatic heterocycles. The number of rotatable bonds is 2. The van der Waals surface area contributed by atoms with E-state index in [1.54, 1.807) is 0 Å². The van der Waals surface area contributed by atoms with Gasteiger partial charge in [0.05, 0.1) is 17.2 Å². The lowest BCUT2D eigenvalue weighted by Crippen LogP contribution is -2.67. The third-order valence-corrected chi connectivity index (χ3v) is 7.02.